The first-order valence-corrected chi connectivity index (χ1v) is 11.2. The van der Waals surface area contributed by atoms with Gasteiger partial charge < -0.3 is 9.88 Å². The van der Waals surface area contributed by atoms with Gasteiger partial charge >= 0.3 is 0 Å². The first-order valence-electron chi connectivity index (χ1n) is 11.2. The Balaban J connectivity index is 1.73. The van der Waals surface area contributed by atoms with E-state index in [0.29, 0.717) is 18.0 Å². The fourth-order valence-electron chi connectivity index (χ4n) is 4.14. The van der Waals surface area contributed by atoms with Crippen LogP contribution in [-0.2, 0) is 13.1 Å². The van der Waals surface area contributed by atoms with Crippen molar-refractivity contribution in [1.82, 2.24) is 9.47 Å². The summed E-state index contributed by atoms with van der Waals surface area (Å²) in [6, 6.07) is 9.83. The van der Waals surface area contributed by atoms with Gasteiger partial charge in [-0.3, -0.25) is 14.5 Å². The minimum atomic E-state index is -0.333. The van der Waals surface area contributed by atoms with Crippen LogP contribution in [0.5, 0.6) is 0 Å². The molecule has 1 saturated heterocycles. The number of piperidine rings is 1. The summed E-state index contributed by atoms with van der Waals surface area (Å²) in [6.07, 6.45) is 5.24. The van der Waals surface area contributed by atoms with E-state index in [9.17, 15) is 9.59 Å². The van der Waals surface area contributed by atoms with Gasteiger partial charge in [0.2, 0.25) is 0 Å². The van der Waals surface area contributed by atoms with Crippen molar-refractivity contribution < 1.29 is 4.79 Å². The quantitative estimate of drug-likeness (QED) is 0.722. The molecule has 1 aliphatic heterocycles. The lowest BCUT2D eigenvalue weighted by molar-refractivity contribution is 0.102. The maximum absolute atomic E-state index is 13.0. The lowest BCUT2D eigenvalue weighted by atomic mass is 10.00. The fourth-order valence-corrected chi connectivity index (χ4v) is 4.14. The Hall–Kier alpha value is -2.40. The van der Waals surface area contributed by atoms with E-state index < -0.39 is 0 Å². The van der Waals surface area contributed by atoms with Gasteiger partial charge in [0.1, 0.15) is 5.56 Å². The van der Waals surface area contributed by atoms with Gasteiger partial charge in [0.05, 0.1) is 0 Å². The molecule has 0 radical (unpaired) electrons. The van der Waals surface area contributed by atoms with Crippen LogP contribution in [0.2, 0.25) is 0 Å². The lowest BCUT2D eigenvalue weighted by Gasteiger charge is -2.30. The Kier molecular flexibility index (Phi) is 7.48. The van der Waals surface area contributed by atoms with Crippen LogP contribution < -0.4 is 10.9 Å². The summed E-state index contributed by atoms with van der Waals surface area (Å²) in [4.78, 5) is 28.3. The molecular formula is C25H35N3O2. The smallest absolute Gasteiger partial charge is 0.263 e. The van der Waals surface area contributed by atoms with E-state index in [4.69, 9.17) is 0 Å². The lowest BCUT2D eigenvalue weighted by Crippen LogP contribution is -2.33. The third-order valence-corrected chi connectivity index (χ3v) is 5.88. The number of likely N-dealkylation sites (tertiary alicyclic amines) is 1. The topological polar surface area (TPSA) is 54.3 Å². The molecule has 1 unspecified atom stereocenters. The van der Waals surface area contributed by atoms with Crippen LogP contribution in [0.4, 0.5) is 5.69 Å². The van der Waals surface area contributed by atoms with Crippen molar-refractivity contribution >= 4 is 11.6 Å². The van der Waals surface area contributed by atoms with Crippen molar-refractivity contribution in [3.8, 4) is 0 Å². The van der Waals surface area contributed by atoms with Crippen molar-refractivity contribution in [3.63, 3.8) is 0 Å². The van der Waals surface area contributed by atoms with E-state index >= 15 is 0 Å². The number of carbonyl (C=O) groups excluding carboxylic acids is 1. The van der Waals surface area contributed by atoms with Crippen LogP contribution in [0, 0.1) is 18.8 Å². The number of benzene rings is 1. The van der Waals surface area contributed by atoms with E-state index in [-0.39, 0.29) is 17.0 Å². The zero-order valence-corrected chi connectivity index (χ0v) is 18.8. The van der Waals surface area contributed by atoms with Crippen molar-refractivity contribution in [3.05, 3.63) is 63.6 Å². The van der Waals surface area contributed by atoms with Crippen molar-refractivity contribution in [2.24, 2.45) is 11.8 Å². The molecule has 0 spiro atoms. The predicted molar refractivity (Wildman–Crippen MR) is 123 cm³/mol. The summed E-state index contributed by atoms with van der Waals surface area (Å²) >= 11 is 0. The summed E-state index contributed by atoms with van der Waals surface area (Å²) in [5, 5.41) is 2.95. The monoisotopic (exact) mass is 409 g/mol. The standard InChI is InChI=1S/C25H35N3O2/c1-18(2)10-13-28-14-11-20(4)23(25(28)30)24(29)26-22-9-5-8-21(15-22)17-27-12-6-7-19(3)16-27/h5,8-9,11,14-15,18-19H,6-7,10,12-13,16-17H2,1-4H3,(H,26,29). The molecule has 1 atom stereocenters. The van der Waals surface area contributed by atoms with Gasteiger partial charge in [-0.25, -0.2) is 0 Å². The third-order valence-electron chi connectivity index (χ3n) is 5.88. The minimum absolute atomic E-state index is 0.216. The molecule has 0 saturated carbocycles. The number of hydrogen-bond donors (Lipinski definition) is 1. The van der Waals surface area contributed by atoms with E-state index in [1.165, 1.54) is 18.4 Å². The minimum Gasteiger partial charge on any atom is -0.322 e. The number of rotatable bonds is 7. The average Bonchev–Trinajstić information content (AvgIpc) is 2.67. The molecule has 0 bridgehead atoms. The Morgan fingerprint density at radius 3 is 2.80 bits per heavy atom. The highest BCUT2D eigenvalue weighted by molar-refractivity contribution is 6.05. The number of nitrogens with one attached hydrogen (secondary N) is 1. The van der Waals surface area contributed by atoms with Gasteiger partial charge in [-0.1, -0.05) is 32.9 Å². The van der Waals surface area contributed by atoms with E-state index in [1.807, 2.05) is 31.2 Å². The zero-order valence-electron chi connectivity index (χ0n) is 18.8. The number of hydrogen-bond acceptors (Lipinski definition) is 3. The van der Waals surface area contributed by atoms with E-state index in [0.717, 1.165) is 37.7 Å². The molecular weight excluding hydrogens is 374 g/mol. The van der Waals surface area contributed by atoms with Gasteiger partial charge in [-0.15, -0.1) is 0 Å². The van der Waals surface area contributed by atoms with Crippen LogP contribution >= 0.6 is 0 Å². The van der Waals surface area contributed by atoms with Gasteiger partial charge in [0.15, 0.2) is 0 Å². The number of aryl methyl sites for hydroxylation is 2. The maximum atomic E-state index is 13.0. The number of nitrogens with zero attached hydrogens (tertiary/aromatic N) is 2. The molecule has 1 N–H and O–H groups in total. The molecule has 5 heteroatoms. The second-order valence-corrected chi connectivity index (χ2v) is 9.19. The molecule has 30 heavy (non-hydrogen) atoms. The largest absolute Gasteiger partial charge is 0.322 e. The fraction of sp³-hybridized carbons (Fsp3) is 0.520. The Morgan fingerprint density at radius 1 is 1.27 bits per heavy atom. The highest BCUT2D eigenvalue weighted by atomic mass is 16.2. The first-order chi connectivity index (χ1) is 14.3. The normalized spacial score (nSPS) is 17.3. The number of carbonyl (C=O) groups is 1. The molecule has 5 nitrogen and oxygen atoms in total. The maximum Gasteiger partial charge on any atom is 0.263 e. The highest BCUT2D eigenvalue weighted by Gasteiger charge is 2.18. The second-order valence-electron chi connectivity index (χ2n) is 9.19. The first kappa shape index (κ1) is 22.3. The van der Waals surface area contributed by atoms with Crippen molar-refractivity contribution in [2.45, 2.75) is 60.0 Å². The summed E-state index contributed by atoms with van der Waals surface area (Å²) in [6.45, 7) is 12.1. The molecule has 1 amide bonds. The number of anilines is 1. The molecule has 1 aliphatic rings. The summed E-state index contributed by atoms with van der Waals surface area (Å²) in [5.41, 5.74) is 2.64. The van der Waals surface area contributed by atoms with Crippen LogP contribution in [0.15, 0.2) is 41.3 Å². The zero-order chi connectivity index (χ0) is 21.7. The molecule has 1 aromatic carbocycles. The van der Waals surface area contributed by atoms with E-state index in [2.05, 4.69) is 37.1 Å². The molecule has 162 valence electrons. The highest BCUT2D eigenvalue weighted by Crippen LogP contribution is 2.20. The van der Waals surface area contributed by atoms with Gasteiger partial charge in [0.25, 0.3) is 11.5 Å². The second kappa shape index (κ2) is 10.1. The molecule has 0 aliphatic carbocycles. The summed E-state index contributed by atoms with van der Waals surface area (Å²) in [5.74, 6) is 0.904. The number of pyridine rings is 1. The predicted octanol–water partition coefficient (Wildman–Crippen LogP) is 4.69. The van der Waals surface area contributed by atoms with Gasteiger partial charge in [0, 0.05) is 31.5 Å². The average molecular weight is 410 g/mol. The van der Waals surface area contributed by atoms with E-state index in [1.54, 1.807) is 10.8 Å². The third kappa shape index (κ3) is 5.82. The van der Waals surface area contributed by atoms with Crippen molar-refractivity contribution in [1.29, 1.82) is 0 Å². The van der Waals surface area contributed by atoms with Crippen LogP contribution in [0.3, 0.4) is 0 Å². The SMILES string of the molecule is Cc1ccn(CCC(C)C)c(=O)c1C(=O)Nc1cccc(CN2CCCC(C)C2)c1. The Bertz CT molecular complexity index is 932. The summed E-state index contributed by atoms with van der Waals surface area (Å²) < 4.78 is 1.65. The molecule has 2 aromatic rings. The molecule has 1 fully saturated rings. The molecule has 1 aromatic heterocycles. The molecule has 3 rings (SSSR count). The number of aromatic nitrogens is 1. The molecule has 2 heterocycles. The van der Waals surface area contributed by atoms with Gasteiger partial charge in [-0.05, 0) is 73.9 Å². The summed E-state index contributed by atoms with van der Waals surface area (Å²) in [7, 11) is 0. The van der Waals surface area contributed by atoms with Crippen LogP contribution in [0.1, 0.15) is 61.5 Å². The van der Waals surface area contributed by atoms with Gasteiger partial charge in [-0.2, -0.15) is 0 Å². The van der Waals surface area contributed by atoms with Crippen LogP contribution in [0.25, 0.3) is 0 Å². The number of amides is 1. The Morgan fingerprint density at radius 2 is 2.07 bits per heavy atom. The van der Waals surface area contributed by atoms with Crippen LogP contribution in [-0.4, -0.2) is 28.5 Å². The van der Waals surface area contributed by atoms with Crippen molar-refractivity contribution in [2.75, 3.05) is 18.4 Å². The Labute approximate surface area is 180 Å².